The topological polar surface area (TPSA) is 93.2 Å². The largest absolute Gasteiger partial charge is 0.467 e. The molecule has 1 aromatic carbocycles. The van der Waals surface area contributed by atoms with Gasteiger partial charge in [0.2, 0.25) is 5.91 Å². The lowest BCUT2D eigenvalue weighted by Gasteiger charge is -2.21. The predicted octanol–water partition coefficient (Wildman–Crippen LogP) is 3.83. The highest BCUT2D eigenvalue weighted by molar-refractivity contribution is 5.91. The van der Waals surface area contributed by atoms with Gasteiger partial charge in [0.25, 0.3) is 0 Å². The zero-order chi connectivity index (χ0) is 21.5. The maximum absolute atomic E-state index is 12.6. The van der Waals surface area contributed by atoms with Gasteiger partial charge in [-0.25, -0.2) is 14.8 Å². The molecule has 0 spiro atoms. The van der Waals surface area contributed by atoms with Crippen LogP contribution >= 0.6 is 0 Å². The van der Waals surface area contributed by atoms with Crippen molar-refractivity contribution in [3.05, 3.63) is 30.1 Å². The van der Waals surface area contributed by atoms with Crippen LogP contribution in [0.4, 0.5) is 5.82 Å². The number of methoxy groups -OCH3 is 1. The molecule has 0 unspecified atom stereocenters. The SMILES string of the molecule is COC(=O)[C@@H](Nc1nc(CNC(=O)C2CCCCCC2)nc2ccccc12)C(C)C. The zero-order valence-corrected chi connectivity index (χ0v) is 18.1. The third-order valence-electron chi connectivity index (χ3n) is 5.71. The maximum Gasteiger partial charge on any atom is 0.328 e. The van der Waals surface area contributed by atoms with Crippen molar-refractivity contribution >= 4 is 28.6 Å². The van der Waals surface area contributed by atoms with Crippen LogP contribution in [-0.4, -0.2) is 35.0 Å². The standard InChI is InChI=1S/C23H32N4O3/c1-15(2)20(23(29)30-3)27-21-17-12-8-9-13-18(17)25-19(26-21)14-24-22(28)16-10-6-4-5-7-11-16/h8-9,12-13,15-16,20H,4-7,10-11,14H2,1-3H3,(H,24,28)(H,25,26,27)/t20-/m0/s1. The van der Waals surface area contributed by atoms with Gasteiger partial charge in [-0.1, -0.05) is 51.7 Å². The molecular weight excluding hydrogens is 380 g/mol. The summed E-state index contributed by atoms with van der Waals surface area (Å²) >= 11 is 0. The number of nitrogens with zero attached hydrogens (tertiary/aromatic N) is 2. The quantitative estimate of drug-likeness (QED) is 0.530. The molecule has 30 heavy (non-hydrogen) atoms. The van der Waals surface area contributed by atoms with Gasteiger partial charge < -0.3 is 15.4 Å². The van der Waals surface area contributed by atoms with Crippen molar-refractivity contribution in [3.8, 4) is 0 Å². The second kappa shape index (κ2) is 10.4. The number of aromatic nitrogens is 2. The smallest absolute Gasteiger partial charge is 0.328 e. The minimum atomic E-state index is -0.526. The van der Waals surface area contributed by atoms with E-state index >= 15 is 0 Å². The molecule has 1 atom stereocenters. The van der Waals surface area contributed by atoms with Gasteiger partial charge in [0.15, 0.2) is 5.82 Å². The minimum Gasteiger partial charge on any atom is -0.467 e. The number of ether oxygens (including phenoxy) is 1. The van der Waals surface area contributed by atoms with Gasteiger partial charge in [-0.3, -0.25) is 4.79 Å². The summed E-state index contributed by atoms with van der Waals surface area (Å²) < 4.78 is 4.94. The predicted molar refractivity (Wildman–Crippen MR) is 117 cm³/mol. The van der Waals surface area contributed by atoms with Gasteiger partial charge in [0, 0.05) is 11.3 Å². The number of esters is 1. The molecule has 1 saturated carbocycles. The van der Waals surface area contributed by atoms with E-state index in [1.54, 1.807) is 0 Å². The van der Waals surface area contributed by atoms with Crippen molar-refractivity contribution in [3.63, 3.8) is 0 Å². The van der Waals surface area contributed by atoms with E-state index in [0.717, 1.165) is 36.6 Å². The van der Waals surface area contributed by atoms with Crippen molar-refractivity contribution in [2.75, 3.05) is 12.4 Å². The fraction of sp³-hybridized carbons (Fsp3) is 0.565. The van der Waals surface area contributed by atoms with Crippen LogP contribution < -0.4 is 10.6 Å². The zero-order valence-electron chi connectivity index (χ0n) is 18.1. The molecule has 7 heteroatoms. The number of benzene rings is 1. The van der Waals surface area contributed by atoms with Crippen molar-refractivity contribution in [1.29, 1.82) is 0 Å². The first-order chi connectivity index (χ1) is 14.5. The normalized spacial score (nSPS) is 16.1. The van der Waals surface area contributed by atoms with E-state index in [4.69, 9.17) is 4.74 Å². The Kier molecular flexibility index (Phi) is 7.60. The molecule has 1 aromatic heterocycles. The van der Waals surface area contributed by atoms with Crippen LogP contribution in [0.2, 0.25) is 0 Å². The van der Waals surface area contributed by atoms with Crippen molar-refractivity contribution < 1.29 is 14.3 Å². The lowest BCUT2D eigenvalue weighted by Crippen LogP contribution is -2.36. The van der Waals surface area contributed by atoms with E-state index in [2.05, 4.69) is 20.6 Å². The number of nitrogens with one attached hydrogen (secondary N) is 2. The number of amides is 1. The third kappa shape index (κ3) is 5.46. The fourth-order valence-electron chi connectivity index (χ4n) is 3.94. The van der Waals surface area contributed by atoms with Crippen LogP contribution in [0.15, 0.2) is 24.3 Å². The lowest BCUT2D eigenvalue weighted by molar-refractivity contribution is -0.142. The molecular formula is C23H32N4O3. The number of para-hydroxylation sites is 1. The number of anilines is 1. The molecule has 1 fully saturated rings. The lowest BCUT2D eigenvalue weighted by atomic mass is 9.99. The highest BCUT2D eigenvalue weighted by Gasteiger charge is 2.25. The van der Waals surface area contributed by atoms with Crippen LogP contribution in [0.5, 0.6) is 0 Å². The Morgan fingerprint density at radius 3 is 2.47 bits per heavy atom. The van der Waals surface area contributed by atoms with E-state index in [0.29, 0.717) is 11.6 Å². The summed E-state index contributed by atoms with van der Waals surface area (Å²) in [6.07, 6.45) is 6.55. The first-order valence-electron chi connectivity index (χ1n) is 10.9. The summed E-state index contributed by atoms with van der Waals surface area (Å²) in [4.78, 5) is 34.1. The van der Waals surface area contributed by atoms with E-state index < -0.39 is 6.04 Å². The second-order valence-electron chi connectivity index (χ2n) is 8.30. The Balaban J connectivity index is 1.80. The molecule has 0 radical (unpaired) electrons. The number of rotatable bonds is 7. The van der Waals surface area contributed by atoms with Gasteiger partial charge in [-0.05, 0) is 30.9 Å². The van der Waals surface area contributed by atoms with E-state index in [1.807, 2.05) is 38.1 Å². The van der Waals surface area contributed by atoms with Crippen LogP contribution in [0, 0.1) is 11.8 Å². The van der Waals surface area contributed by atoms with Gasteiger partial charge in [0.05, 0.1) is 19.2 Å². The van der Waals surface area contributed by atoms with Crippen LogP contribution in [0.25, 0.3) is 10.9 Å². The first-order valence-corrected chi connectivity index (χ1v) is 10.9. The van der Waals surface area contributed by atoms with Crippen molar-refractivity contribution in [1.82, 2.24) is 15.3 Å². The number of hydrogen-bond acceptors (Lipinski definition) is 6. The molecule has 1 heterocycles. The second-order valence-corrected chi connectivity index (χ2v) is 8.30. The molecule has 0 bridgehead atoms. The van der Waals surface area contributed by atoms with Crippen LogP contribution in [0.3, 0.4) is 0 Å². The van der Waals surface area contributed by atoms with Gasteiger partial charge in [-0.2, -0.15) is 0 Å². The summed E-state index contributed by atoms with van der Waals surface area (Å²) in [6, 6.07) is 7.11. The summed E-state index contributed by atoms with van der Waals surface area (Å²) in [6.45, 7) is 4.16. The highest BCUT2D eigenvalue weighted by atomic mass is 16.5. The molecule has 2 N–H and O–H groups in total. The van der Waals surface area contributed by atoms with Crippen LogP contribution in [0.1, 0.15) is 58.2 Å². The molecule has 7 nitrogen and oxygen atoms in total. The molecule has 162 valence electrons. The maximum atomic E-state index is 12.6. The van der Waals surface area contributed by atoms with E-state index in [-0.39, 0.29) is 30.3 Å². The monoisotopic (exact) mass is 412 g/mol. The summed E-state index contributed by atoms with van der Waals surface area (Å²) in [5.74, 6) is 0.933. The molecule has 0 saturated heterocycles. The Morgan fingerprint density at radius 2 is 1.80 bits per heavy atom. The molecule has 2 aromatic rings. The molecule has 3 rings (SSSR count). The van der Waals surface area contributed by atoms with Gasteiger partial charge >= 0.3 is 5.97 Å². The molecule has 0 aliphatic heterocycles. The summed E-state index contributed by atoms with van der Waals surface area (Å²) in [7, 11) is 1.38. The molecule has 1 amide bonds. The molecule has 1 aliphatic rings. The van der Waals surface area contributed by atoms with Gasteiger partial charge in [0.1, 0.15) is 11.9 Å². The average Bonchev–Trinajstić information content (AvgIpc) is 3.04. The van der Waals surface area contributed by atoms with Gasteiger partial charge in [-0.15, -0.1) is 0 Å². The third-order valence-corrected chi connectivity index (χ3v) is 5.71. The van der Waals surface area contributed by atoms with Crippen molar-refractivity contribution in [2.45, 2.75) is 65.0 Å². The Hall–Kier alpha value is -2.70. The fourth-order valence-corrected chi connectivity index (χ4v) is 3.94. The highest BCUT2D eigenvalue weighted by Crippen LogP contribution is 2.24. The number of carbonyl (C=O) groups excluding carboxylic acids is 2. The number of carbonyl (C=O) groups is 2. The first kappa shape index (κ1) is 22.0. The Labute approximate surface area is 178 Å². The van der Waals surface area contributed by atoms with E-state index in [1.165, 1.54) is 20.0 Å². The Bertz CT molecular complexity index is 876. The number of fused-ring (bicyclic) bond motifs is 1. The summed E-state index contributed by atoms with van der Waals surface area (Å²) in [5.41, 5.74) is 0.765. The Morgan fingerprint density at radius 1 is 1.10 bits per heavy atom. The summed E-state index contributed by atoms with van der Waals surface area (Å²) in [5, 5.41) is 7.07. The molecule has 1 aliphatic carbocycles. The van der Waals surface area contributed by atoms with E-state index in [9.17, 15) is 9.59 Å². The average molecular weight is 413 g/mol. The van der Waals surface area contributed by atoms with Crippen molar-refractivity contribution in [2.24, 2.45) is 11.8 Å². The number of hydrogen-bond donors (Lipinski definition) is 2. The van der Waals surface area contributed by atoms with Crippen LogP contribution in [-0.2, 0) is 20.9 Å². The minimum absolute atomic E-state index is 0.0181.